The molecule has 0 radical (unpaired) electrons. The highest BCUT2D eigenvalue weighted by atomic mass is 35.5. The number of hydrogen-bond donors (Lipinski definition) is 1. The number of carbonyl (C=O) groups excluding carboxylic acids is 1. The number of rotatable bonds is 6. The van der Waals surface area contributed by atoms with Gasteiger partial charge in [-0.2, -0.15) is 5.10 Å². The minimum atomic E-state index is -0.442. The Morgan fingerprint density at radius 1 is 1.00 bits per heavy atom. The summed E-state index contributed by atoms with van der Waals surface area (Å²) in [7, 11) is 3.07. The van der Waals surface area contributed by atoms with E-state index in [0.717, 1.165) is 4.68 Å². The molecule has 150 valence electrons. The predicted molar refractivity (Wildman–Crippen MR) is 112 cm³/mol. The molecule has 0 aliphatic carbocycles. The van der Waals surface area contributed by atoms with Crippen molar-refractivity contribution < 1.29 is 14.3 Å². The van der Waals surface area contributed by atoms with Crippen molar-refractivity contribution in [3.63, 3.8) is 0 Å². The van der Waals surface area contributed by atoms with Crippen LogP contribution < -0.4 is 20.3 Å². The molecule has 0 spiro atoms. The summed E-state index contributed by atoms with van der Waals surface area (Å²) < 4.78 is 11.6. The van der Waals surface area contributed by atoms with Crippen LogP contribution in [-0.2, 0) is 11.3 Å². The molecule has 3 aromatic rings. The van der Waals surface area contributed by atoms with E-state index in [1.165, 1.54) is 13.2 Å². The fourth-order valence-electron chi connectivity index (χ4n) is 2.67. The first-order valence-corrected chi connectivity index (χ1v) is 9.21. The molecule has 1 aromatic heterocycles. The van der Waals surface area contributed by atoms with Crippen molar-refractivity contribution in [3.8, 4) is 22.8 Å². The van der Waals surface area contributed by atoms with Gasteiger partial charge in [-0.1, -0.05) is 23.2 Å². The molecule has 29 heavy (non-hydrogen) atoms. The second-order valence-corrected chi connectivity index (χ2v) is 6.86. The third kappa shape index (κ3) is 5.07. The first kappa shape index (κ1) is 20.7. The number of halogens is 2. The number of aromatic nitrogens is 2. The van der Waals surface area contributed by atoms with Crippen molar-refractivity contribution >= 4 is 34.8 Å². The quantitative estimate of drug-likeness (QED) is 0.637. The predicted octanol–water partition coefficient (Wildman–Crippen LogP) is 3.87. The first-order valence-electron chi connectivity index (χ1n) is 8.46. The summed E-state index contributed by atoms with van der Waals surface area (Å²) in [6.45, 7) is -0.274. The Bertz CT molecular complexity index is 1090. The van der Waals surface area contributed by atoms with Gasteiger partial charge in [0.05, 0.1) is 19.9 Å². The van der Waals surface area contributed by atoms with E-state index < -0.39 is 11.5 Å². The number of anilines is 1. The van der Waals surface area contributed by atoms with Gasteiger partial charge in [0.2, 0.25) is 5.91 Å². The van der Waals surface area contributed by atoms with E-state index >= 15 is 0 Å². The molecule has 9 heteroatoms. The molecule has 0 atom stereocenters. The SMILES string of the molecule is COc1ccc(-c2ccc(=O)n(CC(=O)Nc3cc(Cl)cc(Cl)c3)n2)cc1OC. The Balaban J connectivity index is 1.84. The normalized spacial score (nSPS) is 10.5. The number of nitrogens with zero attached hydrogens (tertiary/aromatic N) is 2. The van der Waals surface area contributed by atoms with Gasteiger partial charge in [-0.3, -0.25) is 9.59 Å². The minimum absolute atomic E-state index is 0.274. The fourth-order valence-corrected chi connectivity index (χ4v) is 3.20. The lowest BCUT2D eigenvalue weighted by molar-refractivity contribution is -0.117. The summed E-state index contributed by atoms with van der Waals surface area (Å²) in [6.07, 6.45) is 0. The van der Waals surface area contributed by atoms with Crippen LogP contribution >= 0.6 is 23.2 Å². The molecule has 0 saturated heterocycles. The summed E-state index contributed by atoms with van der Waals surface area (Å²) in [5.74, 6) is 0.659. The lowest BCUT2D eigenvalue weighted by atomic mass is 10.1. The van der Waals surface area contributed by atoms with Gasteiger partial charge in [0.15, 0.2) is 11.5 Å². The van der Waals surface area contributed by atoms with Gasteiger partial charge < -0.3 is 14.8 Å². The lowest BCUT2D eigenvalue weighted by Crippen LogP contribution is -2.29. The monoisotopic (exact) mass is 433 g/mol. The Morgan fingerprint density at radius 2 is 1.69 bits per heavy atom. The fraction of sp³-hybridized carbons (Fsp3) is 0.150. The van der Waals surface area contributed by atoms with Gasteiger partial charge in [-0.05, 0) is 42.5 Å². The number of benzene rings is 2. The Labute approximate surface area is 176 Å². The summed E-state index contributed by atoms with van der Waals surface area (Å²) in [6, 6.07) is 12.9. The number of nitrogens with one attached hydrogen (secondary N) is 1. The standard InChI is InChI=1S/C20H17Cl2N3O4/c1-28-17-5-3-12(7-18(17)29-2)16-4-6-20(27)25(24-16)11-19(26)23-15-9-13(21)8-14(22)10-15/h3-10H,11H2,1-2H3,(H,23,26). The highest BCUT2D eigenvalue weighted by Crippen LogP contribution is 2.31. The van der Waals surface area contributed by atoms with Crippen LogP contribution in [0.2, 0.25) is 10.0 Å². The third-order valence-corrected chi connectivity index (χ3v) is 4.42. The van der Waals surface area contributed by atoms with Crippen molar-refractivity contribution in [1.82, 2.24) is 9.78 Å². The van der Waals surface area contributed by atoms with E-state index in [1.54, 1.807) is 49.6 Å². The van der Waals surface area contributed by atoms with E-state index in [9.17, 15) is 9.59 Å². The van der Waals surface area contributed by atoms with Gasteiger partial charge in [0, 0.05) is 27.4 Å². The molecule has 0 aliphatic rings. The topological polar surface area (TPSA) is 82.5 Å². The maximum atomic E-state index is 12.4. The molecule has 3 rings (SSSR count). The lowest BCUT2D eigenvalue weighted by Gasteiger charge is -2.11. The van der Waals surface area contributed by atoms with E-state index in [0.29, 0.717) is 38.5 Å². The molecule has 0 aliphatic heterocycles. The summed E-state index contributed by atoms with van der Waals surface area (Å²) in [5, 5.41) is 7.71. The zero-order chi connectivity index (χ0) is 21.0. The maximum Gasteiger partial charge on any atom is 0.267 e. The van der Waals surface area contributed by atoms with Crippen molar-refractivity contribution in [2.45, 2.75) is 6.54 Å². The molecule has 2 aromatic carbocycles. The van der Waals surface area contributed by atoms with E-state index in [-0.39, 0.29) is 6.54 Å². The van der Waals surface area contributed by atoms with E-state index in [4.69, 9.17) is 32.7 Å². The Hall–Kier alpha value is -3.03. The van der Waals surface area contributed by atoms with E-state index in [1.807, 2.05) is 0 Å². The smallest absolute Gasteiger partial charge is 0.267 e. The largest absolute Gasteiger partial charge is 0.493 e. The summed E-state index contributed by atoms with van der Waals surface area (Å²) in [5.41, 5.74) is 1.23. The van der Waals surface area contributed by atoms with Crippen LogP contribution in [0.3, 0.4) is 0 Å². The van der Waals surface area contributed by atoms with Gasteiger partial charge in [0.1, 0.15) is 6.54 Å². The van der Waals surface area contributed by atoms with E-state index in [2.05, 4.69) is 10.4 Å². The Kier molecular flexibility index (Phi) is 6.41. The van der Waals surface area contributed by atoms with Gasteiger partial charge >= 0.3 is 0 Å². The molecule has 0 unspecified atom stereocenters. The number of methoxy groups -OCH3 is 2. The molecule has 1 N–H and O–H groups in total. The molecule has 1 heterocycles. The second kappa shape index (κ2) is 8.98. The molecule has 0 fully saturated rings. The van der Waals surface area contributed by atoms with Gasteiger partial charge in [-0.25, -0.2) is 4.68 Å². The molecule has 0 bridgehead atoms. The van der Waals surface area contributed by atoms with Gasteiger partial charge in [0.25, 0.3) is 5.56 Å². The van der Waals surface area contributed by atoms with Crippen LogP contribution in [0, 0.1) is 0 Å². The van der Waals surface area contributed by atoms with Crippen molar-refractivity contribution in [2.24, 2.45) is 0 Å². The molecule has 0 saturated carbocycles. The van der Waals surface area contributed by atoms with Crippen molar-refractivity contribution in [3.05, 3.63) is 68.9 Å². The number of ether oxygens (including phenoxy) is 2. The summed E-state index contributed by atoms with van der Waals surface area (Å²) >= 11 is 11.9. The average molecular weight is 434 g/mol. The Morgan fingerprint density at radius 3 is 2.34 bits per heavy atom. The number of carbonyl (C=O) groups is 1. The molecule has 7 nitrogen and oxygen atoms in total. The van der Waals surface area contributed by atoms with Crippen molar-refractivity contribution in [2.75, 3.05) is 19.5 Å². The number of amides is 1. The first-order chi connectivity index (χ1) is 13.9. The highest BCUT2D eigenvalue weighted by Gasteiger charge is 2.11. The maximum absolute atomic E-state index is 12.4. The van der Waals surface area contributed by atoms with Crippen LogP contribution in [-0.4, -0.2) is 29.9 Å². The van der Waals surface area contributed by atoms with Gasteiger partial charge in [-0.15, -0.1) is 0 Å². The molecule has 1 amide bonds. The zero-order valence-electron chi connectivity index (χ0n) is 15.6. The van der Waals surface area contributed by atoms with Crippen LogP contribution in [0.5, 0.6) is 11.5 Å². The van der Waals surface area contributed by atoms with Crippen LogP contribution in [0.25, 0.3) is 11.3 Å². The number of hydrogen-bond acceptors (Lipinski definition) is 5. The second-order valence-electron chi connectivity index (χ2n) is 5.99. The molecular formula is C20H17Cl2N3O4. The zero-order valence-corrected chi connectivity index (χ0v) is 17.1. The summed E-state index contributed by atoms with van der Waals surface area (Å²) in [4.78, 5) is 24.5. The molecular weight excluding hydrogens is 417 g/mol. The van der Waals surface area contributed by atoms with Crippen LogP contribution in [0.4, 0.5) is 5.69 Å². The van der Waals surface area contributed by atoms with Crippen molar-refractivity contribution in [1.29, 1.82) is 0 Å². The van der Waals surface area contributed by atoms with Crippen LogP contribution in [0.15, 0.2) is 53.3 Å². The average Bonchev–Trinajstić information content (AvgIpc) is 2.68. The minimum Gasteiger partial charge on any atom is -0.493 e. The van der Waals surface area contributed by atoms with Crippen LogP contribution in [0.1, 0.15) is 0 Å². The highest BCUT2D eigenvalue weighted by molar-refractivity contribution is 6.35. The third-order valence-electron chi connectivity index (χ3n) is 3.99.